The Labute approximate surface area is 97.8 Å². The van der Waals surface area contributed by atoms with Gasteiger partial charge >= 0.3 is 0 Å². The van der Waals surface area contributed by atoms with Crippen molar-refractivity contribution in [1.29, 1.82) is 0 Å². The van der Waals surface area contributed by atoms with E-state index >= 15 is 0 Å². The molecule has 0 aromatic heterocycles. The highest BCUT2D eigenvalue weighted by Crippen LogP contribution is 2.27. The largest absolute Gasteiger partial charge is 0.496 e. The van der Waals surface area contributed by atoms with Crippen LogP contribution in [0.3, 0.4) is 0 Å². The summed E-state index contributed by atoms with van der Waals surface area (Å²) in [6.45, 7) is 0.799. The lowest BCUT2D eigenvalue weighted by molar-refractivity contribution is 0.189. The maximum absolute atomic E-state index is 5.36. The smallest absolute Gasteiger partial charge is 0.123 e. The number of ether oxygens (including phenoxy) is 2. The molecule has 3 nitrogen and oxygen atoms in total. The van der Waals surface area contributed by atoms with Crippen molar-refractivity contribution in [3.63, 3.8) is 0 Å². The van der Waals surface area contributed by atoms with Gasteiger partial charge in [0.1, 0.15) is 5.75 Å². The van der Waals surface area contributed by atoms with E-state index in [0.717, 1.165) is 25.2 Å². The first-order valence-electron chi connectivity index (χ1n) is 5.62. The zero-order valence-electron chi connectivity index (χ0n) is 10.3. The minimum atomic E-state index is 0.325. The lowest BCUT2D eigenvalue weighted by atomic mass is 10.0. The molecule has 0 fully saturated rings. The van der Waals surface area contributed by atoms with Crippen LogP contribution in [0.25, 0.3) is 0 Å². The second-order valence-electron chi connectivity index (χ2n) is 3.72. The third-order valence-electron chi connectivity index (χ3n) is 2.70. The summed E-state index contributed by atoms with van der Waals surface area (Å²) >= 11 is 0. The van der Waals surface area contributed by atoms with Crippen molar-refractivity contribution < 1.29 is 9.47 Å². The summed E-state index contributed by atoms with van der Waals surface area (Å²) < 4.78 is 10.4. The Hall–Kier alpha value is -1.06. The quantitative estimate of drug-likeness (QED) is 0.720. The van der Waals surface area contributed by atoms with Crippen molar-refractivity contribution in [2.45, 2.75) is 18.9 Å². The summed E-state index contributed by atoms with van der Waals surface area (Å²) in [7, 11) is 5.42. The molecule has 0 aliphatic carbocycles. The molecule has 0 aliphatic rings. The number of hydrogen-bond donors (Lipinski definition) is 1. The molecule has 0 spiro atoms. The number of rotatable bonds is 7. The third-order valence-corrected chi connectivity index (χ3v) is 2.70. The van der Waals surface area contributed by atoms with Crippen molar-refractivity contribution in [3.05, 3.63) is 29.8 Å². The van der Waals surface area contributed by atoms with E-state index in [0.29, 0.717) is 6.04 Å². The van der Waals surface area contributed by atoms with Crippen molar-refractivity contribution in [2.24, 2.45) is 0 Å². The van der Waals surface area contributed by atoms with E-state index in [2.05, 4.69) is 11.4 Å². The third kappa shape index (κ3) is 3.51. The van der Waals surface area contributed by atoms with Crippen LogP contribution >= 0.6 is 0 Å². The fourth-order valence-corrected chi connectivity index (χ4v) is 1.84. The van der Waals surface area contributed by atoms with Crippen LogP contribution in [0.4, 0.5) is 0 Å². The van der Waals surface area contributed by atoms with E-state index in [1.165, 1.54) is 5.56 Å². The topological polar surface area (TPSA) is 30.5 Å². The second-order valence-corrected chi connectivity index (χ2v) is 3.72. The van der Waals surface area contributed by atoms with Gasteiger partial charge < -0.3 is 14.8 Å². The fourth-order valence-electron chi connectivity index (χ4n) is 1.84. The van der Waals surface area contributed by atoms with Gasteiger partial charge in [-0.3, -0.25) is 0 Å². The Morgan fingerprint density at radius 3 is 2.62 bits per heavy atom. The van der Waals surface area contributed by atoms with Crippen molar-refractivity contribution in [1.82, 2.24) is 5.32 Å². The summed E-state index contributed by atoms with van der Waals surface area (Å²) in [4.78, 5) is 0. The van der Waals surface area contributed by atoms with Crippen LogP contribution in [-0.4, -0.2) is 27.9 Å². The van der Waals surface area contributed by atoms with E-state index in [9.17, 15) is 0 Å². The highest BCUT2D eigenvalue weighted by molar-refractivity contribution is 5.35. The zero-order valence-corrected chi connectivity index (χ0v) is 10.3. The van der Waals surface area contributed by atoms with Gasteiger partial charge in [0.15, 0.2) is 0 Å². The monoisotopic (exact) mass is 223 g/mol. The number of hydrogen-bond acceptors (Lipinski definition) is 3. The highest BCUT2D eigenvalue weighted by Gasteiger charge is 2.12. The highest BCUT2D eigenvalue weighted by atomic mass is 16.5. The van der Waals surface area contributed by atoms with Gasteiger partial charge in [-0.05, 0) is 26.0 Å². The summed E-state index contributed by atoms with van der Waals surface area (Å²) in [6.07, 6.45) is 2.09. The molecule has 1 aromatic carbocycles. The fraction of sp³-hybridized carbons (Fsp3) is 0.538. The molecule has 1 atom stereocenters. The number of para-hydroxylation sites is 1. The molecule has 90 valence electrons. The predicted molar refractivity (Wildman–Crippen MR) is 65.9 cm³/mol. The van der Waals surface area contributed by atoms with Crippen LogP contribution in [0.2, 0.25) is 0 Å². The molecule has 0 saturated heterocycles. The first kappa shape index (κ1) is 13.0. The molecule has 16 heavy (non-hydrogen) atoms. The summed E-state index contributed by atoms with van der Waals surface area (Å²) in [5, 5.41) is 3.32. The molecule has 1 unspecified atom stereocenters. The average Bonchev–Trinajstić information content (AvgIpc) is 2.35. The first-order chi connectivity index (χ1) is 7.83. The van der Waals surface area contributed by atoms with Crippen LogP contribution in [0.5, 0.6) is 5.75 Å². The normalized spacial score (nSPS) is 12.4. The summed E-state index contributed by atoms with van der Waals surface area (Å²) in [5.74, 6) is 0.944. The van der Waals surface area contributed by atoms with Gasteiger partial charge in [-0.25, -0.2) is 0 Å². The zero-order chi connectivity index (χ0) is 11.8. The maximum atomic E-state index is 5.36. The van der Waals surface area contributed by atoms with Crippen LogP contribution < -0.4 is 10.1 Å². The number of benzene rings is 1. The molecule has 1 aromatic rings. The van der Waals surface area contributed by atoms with Gasteiger partial charge in [-0.15, -0.1) is 0 Å². The molecule has 3 heteroatoms. The van der Waals surface area contributed by atoms with Gasteiger partial charge in [-0.1, -0.05) is 18.2 Å². The van der Waals surface area contributed by atoms with E-state index in [4.69, 9.17) is 9.47 Å². The Bertz CT molecular complexity index is 302. The van der Waals surface area contributed by atoms with Gasteiger partial charge in [0, 0.05) is 25.3 Å². The van der Waals surface area contributed by atoms with Crippen LogP contribution in [0.15, 0.2) is 24.3 Å². The maximum Gasteiger partial charge on any atom is 0.123 e. The second kappa shape index (κ2) is 7.25. The van der Waals surface area contributed by atoms with E-state index < -0.39 is 0 Å². The van der Waals surface area contributed by atoms with E-state index in [-0.39, 0.29) is 0 Å². The molecule has 0 radical (unpaired) electrons. The van der Waals surface area contributed by atoms with Crippen LogP contribution in [0.1, 0.15) is 24.4 Å². The predicted octanol–water partition coefficient (Wildman–Crippen LogP) is 2.38. The van der Waals surface area contributed by atoms with Crippen LogP contribution in [0, 0.1) is 0 Å². The molecule has 0 aliphatic heterocycles. The van der Waals surface area contributed by atoms with Gasteiger partial charge in [0.05, 0.1) is 7.11 Å². The lowest BCUT2D eigenvalue weighted by Gasteiger charge is -2.19. The van der Waals surface area contributed by atoms with E-state index in [1.807, 2.05) is 25.2 Å². The van der Waals surface area contributed by atoms with Gasteiger partial charge in [-0.2, -0.15) is 0 Å². The molecule has 0 heterocycles. The Morgan fingerprint density at radius 2 is 2.00 bits per heavy atom. The van der Waals surface area contributed by atoms with Crippen molar-refractivity contribution in [3.8, 4) is 5.75 Å². The average molecular weight is 223 g/mol. The molecular formula is C13H21NO2. The number of nitrogens with one attached hydrogen (secondary N) is 1. The molecule has 0 saturated carbocycles. The Kier molecular flexibility index (Phi) is 5.90. The first-order valence-corrected chi connectivity index (χ1v) is 5.62. The Balaban J connectivity index is 2.69. The lowest BCUT2D eigenvalue weighted by Crippen LogP contribution is -2.17. The van der Waals surface area contributed by atoms with E-state index in [1.54, 1.807) is 14.2 Å². The summed E-state index contributed by atoms with van der Waals surface area (Å²) in [5.41, 5.74) is 1.21. The minimum absolute atomic E-state index is 0.325. The molecular weight excluding hydrogens is 202 g/mol. The van der Waals surface area contributed by atoms with Gasteiger partial charge in [0.25, 0.3) is 0 Å². The van der Waals surface area contributed by atoms with Crippen LogP contribution in [-0.2, 0) is 4.74 Å². The summed E-state index contributed by atoms with van der Waals surface area (Å²) in [6, 6.07) is 8.46. The van der Waals surface area contributed by atoms with Crippen molar-refractivity contribution >= 4 is 0 Å². The molecule has 1 rings (SSSR count). The molecule has 0 amide bonds. The standard InChI is InChI=1S/C13H21NO2/c1-14-12(8-6-10-15-2)11-7-4-5-9-13(11)16-3/h4-5,7,9,12,14H,6,8,10H2,1-3H3. The van der Waals surface area contributed by atoms with Crippen molar-refractivity contribution in [2.75, 3.05) is 27.9 Å². The number of methoxy groups -OCH3 is 2. The Morgan fingerprint density at radius 1 is 1.25 bits per heavy atom. The van der Waals surface area contributed by atoms with Gasteiger partial charge in [0.2, 0.25) is 0 Å². The molecule has 1 N–H and O–H groups in total. The SMILES string of the molecule is CNC(CCCOC)c1ccccc1OC. The minimum Gasteiger partial charge on any atom is -0.496 e. The molecule has 0 bridgehead atoms.